The maximum absolute atomic E-state index is 15.1. The molecule has 3 N–H and O–H groups in total. The molecule has 1 aromatic heterocycles. The molecule has 4 aromatic rings. The van der Waals surface area contributed by atoms with Crippen LogP contribution in [0.25, 0.3) is 11.1 Å². The summed E-state index contributed by atoms with van der Waals surface area (Å²) < 4.78 is 21.0. The minimum atomic E-state index is -0.663. The van der Waals surface area contributed by atoms with Crippen molar-refractivity contribution in [3.05, 3.63) is 114 Å². The first-order chi connectivity index (χ1) is 19.0. The minimum Gasteiger partial charge on any atom is -0.454 e. The van der Waals surface area contributed by atoms with Crippen LogP contribution < -0.4 is 20.7 Å². The Balaban J connectivity index is 1.30. The van der Waals surface area contributed by atoms with E-state index in [1.54, 1.807) is 29.4 Å². The molecule has 0 atom stereocenters. The number of aromatic nitrogens is 1. The molecule has 0 saturated heterocycles. The lowest BCUT2D eigenvalue weighted by molar-refractivity contribution is -0.120. The van der Waals surface area contributed by atoms with E-state index in [0.717, 1.165) is 23.2 Å². The van der Waals surface area contributed by atoms with Gasteiger partial charge in [-0.3, -0.25) is 14.6 Å². The highest BCUT2D eigenvalue weighted by molar-refractivity contribution is 6.27. The SMILES string of the molecule is NCCc1ccc(-c2cnccc2Oc2ccc(NC(=O)C3=CCCN(c4ccccc4)C3=O)cc2F)cc1. The molecule has 8 heteroatoms. The van der Waals surface area contributed by atoms with Crippen molar-refractivity contribution in [3.63, 3.8) is 0 Å². The molecule has 5 rings (SSSR count). The second-order valence-corrected chi connectivity index (χ2v) is 9.01. The molecule has 3 aromatic carbocycles. The summed E-state index contributed by atoms with van der Waals surface area (Å²) in [6.45, 7) is 1.05. The number of carbonyl (C=O) groups excluding carboxylic acids is 2. The van der Waals surface area contributed by atoms with E-state index in [2.05, 4.69) is 10.3 Å². The normalized spacial score (nSPS) is 13.1. The molecule has 1 aliphatic heterocycles. The molecule has 0 saturated carbocycles. The highest BCUT2D eigenvalue weighted by Gasteiger charge is 2.28. The zero-order valence-corrected chi connectivity index (χ0v) is 21.1. The van der Waals surface area contributed by atoms with Crippen LogP contribution in [0, 0.1) is 5.82 Å². The molecule has 0 bridgehead atoms. The molecular weight excluding hydrogens is 495 g/mol. The van der Waals surface area contributed by atoms with Crippen LogP contribution in [0.3, 0.4) is 0 Å². The number of rotatable bonds is 8. The number of ether oxygens (including phenoxy) is 1. The second kappa shape index (κ2) is 11.7. The van der Waals surface area contributed by atoms with Crippen LogP contribution in [-0.4, -0.2) is 29.9 Å². The van der Waals surface area contributed by atoms with Gasteiger partial charge in [-0.25, -0.2) is 4.39 Å². The smallest absolute Gasteiger partial charge is 0.263 e. The molecule has 1 aliphatic rings. The van der Waals surface area contributed by atoms with Crippen LogP contribution in [-0.2, 0) is 16.0 Å². The zero-order valence-electron chi connectivity index (χ0n) is 21.1. The quantitative estimate of drug-likeness (QED) is 0.299. The van der Waals surface area contributed by atoms with Crippen molar-refractivity contribution in [2.45, 2.75) is 12.8 Å². The van der Waals surface area contributed by atoms with E-state index in [4.69, 9.17) is 10.5 Å². The van der Waals surface area contributed by atoms with Crippen LogP contribution in [0.1, 0.15) is 12.0 Å². The number of anilines is 2. The van der Waals surface area contributed by atoms with Gasteiger partial charge in [0.1, 0.15) is 11.3 Å². The van der Waals surface area contributed by atoms with E-state index in [0.29, 0.717) is 30.8 Å². The maximum Gasteiger partial charge on any atom is 0.263 e. The second-order valence-electron chi connectivity index (χ2n) is 9.01. The van der Waals surface area contributed by atoms with E-state index >= 15 is 4.39 Å². The lowest BCUT2D eigenvalue weighted by Crippen LogP contribution is -2.39. The van der Waals surface area contributed by atoms with Gasteiger partial charge in [0.25, 0.3) is 11.8 Å². The van der Waals surface area contributed by atoms with Crippen LogP contribution in [0.5, 0.6) is 11.5 Å². The van der Waals surface area contributed by atoms with Gasteiger partial charge in [0.15, 0.2) is 11.6 Å². The number of nitrogens with one attached hydrogen (secondary N) is 1. The monoisotopic (exact) mass is 522 g/mol. The lowest BCUT2D eigenvalue weighted by Gasteiger charge is -2.26. The Hall–Kier alpha value is -4.82. The molecule has 2 heterocycles. The third kappa shape index (κ3) is 5.86. The molecule has 39 heavy (non-hydrogen) atoms. The Bertz CT molecular complexity index is 1520. The van der Waals surface area contributed by atoms with Crippen LogP contribution in [0.2, 0.25) is 0 Å². The zero-order chi connectivity index (χ0) is 27.2. The number of para-hydroxylation sites is 1. The highest BCUT2D eigenvalue weighted by atomic mass is 19.1. The summed E-state index contributed by atoms with van der Waals surface area (Å²) in [6.07, 6.45) is 6.16. The average Bonchev–Trinajstić information content (AvgIpc) is 2.96. The van der Waals surface area contributed by atoms with E-state index in [1.807, 2.05) is 54.6 Å². The van der Waals surface area contributed by atoms with Gasteiger partial charge in [-0.1, -0.05) is 48.5 Å². The first-order valence-electron chi connectivity index (χ1n) is 12.6. The van der Waals surface area contributed by atoms with Gasteiger partial charge in [0.05, 0.1) is 0 Å². The fraction of sp³-hybridized carbons (Fsp3) is 0.129. The summed E-state index contributed by atoms with van der Waals surface area (Å²) in [7, 11) is 0. The van der Waals surface area contributed by atoms with E-state index < -0.39 is 17.6 Å². The maximum atomic E-state index is 15.1. The highest BCUT2D eigenvalue weighted by Crippen LogP contribution is 2.34. The molecular formula is C31H27FN4O3. The summed E-state index contributed by atoms with van der Waals surface area (Å²) in [4.78, 5) is 31.6. The lowest BCUT2D eigenvalue weighted by atomic mass is 10.0. The van der Waals surface area contributed by atoms with E-state index in [9.17, 15) is 9.59 Å². The first-order valence-corrected chi connectivity index (χ1v) is 12.6. The number of hydrogen-bond donors (Lipinski definition) is 2. The predicted octanol–water partition coefficient (Wildman–Crippen LogP) is 5.48. The van der Waals surface area contributed by atoms with Crippen LogP contribution in [0.15, 0.2) is 103 Å². The number of pyridine rings is 1. The minimum absolute atomic E-state index is 0.0107. The Morgan fingerprint density at radius 3 is 2.56 bits per heavy atom. The number of amides is 2. The number of nitrogens with zero attached hydrogens (tertiary/aromatic N) is 2. The van der Waals surface area contributed by atoms with Crippen LogP contribution in [0.4, 0.5) is 15.8 Å². The Morgan fingerprint density at radius 2 is 1.82 bits per heavy atom. The van der Waals surface area contributed by atoms with Gasteiger partial charge < -0.3 is 20.7 Å². The van der Waals surface area contributed by atoms with Crippen LogP contribution >= 0.6 is 0 Å². The predicted molar refractivity (Wildman–Crippen MR) is 149 cm³/mol. The number of benzene rings is 3. The van der Waals surface area contributed by atoms with E-state index in [1.165, 1.54) is 18.2 Å². The average molecular weight is 523 g/mol. The fourth-order valence-corrected chi connectivity index (χ4v) is 4.40. The molecule has 0 unspecified atom stereocenters. The molecule has 2 amide bonds. The van der Waals surface area contributed by atoms with E-state index in [-0.39, 0.29) is 17.0 Å². The van der Waals surface area contributed by atoms with Gasteiger partial charge in [-0.2, -0.15) is 0 Å². The number of nitrogens with two attached hydrogens (primary N) is 1. The number of hydrogen-bond acceptors (Lipinski definition) is 5. The standard InChI is InChI=1S/C31H27FN4O3/c32-27-19-23(35-30(37)25-7-4-18-36(31(25)38)24-5-2-1-3-6-24)12-13-29(27)39-28-15-17-34-20-26(28)22-10-8-21(9-11-22)14-16-33/h1-3,5-13,15,17,19-20H,4,14,16,18,33H2,(H,35,37). The van der Waals surface area contributed by atoms with Gasteiger partial charge in [-0.15, -0.1) is 0 Å². The topological polar surface area (TPSA) is 97.6 Å². The summed E-state index contributed by atoms with van der Waals surface area (Å²) in [5.74, 6) is -1.23. The first kappa shape index (κ1) is 25.8. The summed E-state index contributed by atoms with van der Waals surface area (Å²) in [5.41, 5.74) is 9.28. The third-order valence-electron chi connectivity index (χ3n) is 6.38. The molecule has 0 radical (unpaired) electrons. The molecule has 0 aliphatic carbocycles. The molecule has 0 spiro atoms. The largest absolute Gasteiger partial charge is 0.454 e. The molecule has 0 fully saturated rings. The van der Waals surface area contributed by atoms with Crippen molar-refractivity contribution in [1.82, 2.24) is 4.98 Å². The Kier molecular flexibility index (Phi) is 7.75. The summed E-state index contributed by atoms with van der Waals surface area (Å²) >= 11 is 0. The third-order valence-corrected chi connectivity index (χ3v) is 6.38. The van der Waals surface area contributed by atoms with Crippen molar-refractivity contribution >= 4 is 23.2 Å². The van der Waals surface area contributed by atoms with Crippen molar-refractivity contribution in [1.29, 1.82) is 0 Å². The summed E-state index contributed by atoms with van der Waals surface area (Å²) in [6, 6.07) is 22.8. The fourth-order valence-electron chi connectivity index (χ4n) is 4.40. The number of halogens is 1. The van der Waals surface area contributed by atoms with Crippen molar-refractivity contribution < 1.29 is 18.7 Å². The van der Waals surface area contributed by atoms with Crippen molar-refractivity contribution in [3.8, 4) is 22.6 Å². The molecule has 196 valence electrons. The van der Waals surface area contributed by atoms with Gasteiger partial charge >= 0.3 is 0 Å². The van der Waals surface area contributed by atoms with Crippen molar-refractivity contribution in [2.75, 3.05) is 23.3 Å². The Morgan fingerprint density at radius 1 is 1.03 bits per heavy atom. The summed E-state index contributed by atoms with van der Waals surface area (Å²) in [5, 5.41) is 2.63. The van der Waals surface area contributed by atoms with Gasteiger partial charge in [0, 0.05) is 41.9 Å². The Labute approximate surface area is 225 Å². The van der Waals surface area contributed by atoms with Crippen molar-refractivity contribution in [2.24, 2.45) is 5.73 Å². The number of carbonyl (C=O) groups is 2. The van der Waals surface area contributed by atoms with Gasteiger partial charge in [0.2, 0.25) is 0 Å². The molecule has 7 nitrogen and oxygen atoms in total. The van der Waals surface area contributed by atoms with Gasteiger partial charge in [-0.05, 0) is 60.8 Å².